The Balaban J connectivity index is 0.00000176. The van der Waals surface area contributed by atoms with Crippen molar-refractivity contribution in [2.75, 3.05) is 6.54 Å². The fourth-order valence-electron chi connectivity index (χ4n) is 3.06. The number of halogens is 2. The molecular formula is C17H24ClFN2O. The molecule has 2 aliphatic rings. The standard InChI is InChI=1S/C17H23FN2O.ClH/c18-16-6-2-1-4-13(16)12-20(15-8-9-15)17(21)10-7-14-5-3-11-19-14;/h1-2,4,6,14-15,19H,3,5,7-12H2;1H. The fourth-order valence-corrected chi connectivity index (χ4v) is 3.06. The van der Waals surface area contributed by atoms with Crippen molar-refractivity contribution in [1.82, 2.24) is 10.2 Å². The van der Waals surface area contributed by atoms with E-state index >= 15 is 0 Å². The first-order valence-electron chi connectivity index (χ1n) is 8.00. The third kappa shape index (κ3) is 4.43. The Morgan fingerprint density at radius 2 is 2.05 bits per heavy atom. The largest absolute Gasteiger partial charge is 0.335 e. The van der Waals surface area contributed by atoms with Crippen molar-refractivity contribution < 1.29 is 9.18 Å². The molecule has 1 atom stereocenters. The minimum Gasteiger partial charge on any atom is -0.335 e. The lowest BCUT2D eigenvalue weighted by Gasteiger charge is -2.23. The second-order valence-electron chi connectivity index (χ2n) is 6.18. The number of nitrogens with one attached hydrogen (secondary N) is 1. The molecule has 1 aliphatic heterocycles. The van der Waals surface area contributed by atoms with Crippen LogP contribution in [-0.4, -0.2) is 29.4 Å². The minimum atomic E-state index is -0.214. The highest BCUT2D eigenvalue weighted by Gasteiger charge is 2.33. The second kappa shape index (κ2) is 7.93. The van der Waals surface area contributed by atoms with Crippen molar-refractivity contribution in [2.24, 2.45) is 0 Å². The summed E-state index contributed by atoms with van der Waals surface area (Å²) in [6, 6.07) is 7.57. The lowest BCUT2D eigenvalue weighted by atomic mass is 10.1. The van der Waals surface area contributed by atoms with Gasteiger partial charge in [0.05, 0.1) is 0 Å². The van der Waals surface area contributed by atoms with Crippen molar-refractivity contribution >= 4 is 18.3 Å². The Hall–Kier alpha value is -1.13. The molecule has 3 rings (SSSR count). The Morgan fingerprint density at radius 3 is 2.68 bits per heavy atom. The van der Waals surface area contributed by atoms with Gasteiger partial charge in [-0.25, -0.2) is 4.39 Å². The summed E-state index contributed by atoms with van der Waals surface area (Å²) in [6.45, 7) is 1.48. The summed E-state index contributed by atoms with van der Waals surface area (Å²) in [5.74, 6) is -0.0390. The average molecular weight is 327 g/mol. The monoisotopic (exact) mass is 326 g/mol. The Morgan fingerprint density at radius 1 is 1.27 bits per heavy atom. The molecule has 1 heterocycles. The lowest BCUT2D eigenvalue weighted by Crippen LogP contribution is -2.34. The zero-order valence-corrected chi connectivity index (χ0v) is 13.6. The van der Waals surface area contributed by atoms with E-state index in [2.05, 4.69) is 5.32 Å². The van der Waals surface area contributed by atoms with Crippen LogP contribution in [0.1, 0.15) is 44.1 Å². The maximum Gasteiger partial charge on any atom is 0.223 e. The van der Waals surface area contributed by atoms with Crippen molar-refractivity contribution in [2.45, 2.75) is 57.2 Å². The first-order chi connectivity index (χ1) is 10.2. The molecule has 1 N–H and O–H groups in total. The molecule has 1 amide bonds. The molecule has 1 unspecified atom stereocenters. The van der Waals surface area contributed by atoms with E-state index in [0.717, 1.165) is 25.8 Å². The van der Waals surface area contributed by atoms with E-state index in [1.54, 1.807) is 12.1 Å². The molecule has 1 saturated heterocycles. The molecular weight excluding hydrogens is 303 g/mol. The van der Waals surface area contributed by atoms with Crippen LogP contribution in [0.2, 0.25) is 0 Å². The van der Waals surface area contributed by atoms with Gasteiger partial charge in [-0.1, -0.05) is 18.2 Å². The molecule has 0 spiro atoms. The Labute approximate surface area is 137 Å². The molecule has 1 aromatic rings. The van der Waals surface area contributed by atoms with Crippen LogP contribution in [0.5, 0.6) is 0 Å². The number of amides is 1. The lowest BCUT2D eigenvalue weighted by molar-refractivity contribution is -0.132. The van der Waals surface area contributed by atoms with Gasteiger partial charge in [0.15, 0.2) is 0 Å². The van der Waals surface area contributed by atoms with Gasteiger partial charge < -0.3 is 10.2 Å². The van der Waals surface area contributed by atoms with E-state index in [4.69, 9.17) is 0 Å². The normalized spacial score (nSPS) is 20.5. The van der Waals surface area contributed by atoms with Gasteiger partial charge in [-0.2, -0.15) is 0 Å². The second-order valence-corrected chi connectivity index (χ2v) is 6.18. The highest BCUT2D eigenvalue weighted by Crippen LogP contribution is 2.30. The molecule has 1 aliphatic carbocycles. The van der Waals surface area contributed by atoms with Gasteiger partial charge in [-0.05, 0) is 44.7 Å². The third-order valence-electron chi connectivity index (χ3n) is 4.48. The van der Waals surface area contributed by atoms with E-state index in [0.29, 0.717) is 30.6 Å². The van der Waals surface area contributed by atoms with Gasteiger partial charge in [0.1, 0.15) is 5.82 Å². The van der Waals surface area contributed by atoms with Crippen molar-refractivity contribution in [3.63, 3.8) is 0 Å². The van der Waals surface area contributed by atoms with Crippen molar-refractivity contribution in [3.05, 3.63) is 35.6 Å². The third-order valence-corrected chi connectivity index (χ3v) is 4.48. The number of hydrogen-bond donors (Lipinski definition) is 1. The number of nitrogens with zero attached hydrogens (tertiary/aromatic N) is 1. The van der Waals surface area contributed by atoms with Crippen molar-refractivity contribution in [1.29, 1.82) is 0 Å². The predicted octanol–water partition coefficient (Wildman–Crippen LogP) is 3.27. The molecule has 1 aromatic carbocycles. The van der Waals surface area contributed by atoms with Crippen LogP contribution in [0, 0.1) is 5.82 Å². The Bertz CT molecular complexity index is 501. The van der Waals surface area contributed by atoms with Crippen LogP contribution in [0.15, 0.2) is 24.3 Å². The van der Waals surface area contributed by atoms with Crippen LogP contribution >= 0.6 is 12.4 Å². The molecule has 3 nitrogen and oxygen atoms in total. The molecule has 5 heteroatoms. The van der Waals surface area contributed by atoms with E-state index < -0.39 is 0 Å². The summed E-state index contributed by atoms with van der Waals surface area (Å²) in [4.78, 5) is 14.4. The van der Waals surface area contributed by atoms with E-state index in [9.17, 15) is 9.18 Å². The van der Waals surface area contributed by atoms with Crippen LogP contribution in [-0.2, 0) is 11.3 Å². The average Bonchev–Trinajstić information content (AvgIpc) is 3.19. The zero-order chi connectivity index (χ0) is 14.7. The topological polar surface area (TPSA) is 32.3 Å². The van der Waals surface area contributed by atoms with Gasteiger partial charge in [-0.3, -0.25) is 4.79 Å². The highest BCUT2D eigenvalue weighted by atomic mass is 35.5. The number of rotatable bonds is 6. The first-order valence-corrected chi connectivity index (χ1v) is 8.00. The molecule has 0 radical (unpaired) electrons. The molecule has 22 heavy (non-hydrogen) atoms. The van der Waals surface area contributed by atoms with Crippen LogP contribution in [0.25, 0.3) is 0 Å². The number of benzene rings is 1. The number of carbonyl (C=O) groups excluding carboxylic acids is 1. The summed E-state index contributed by atoms with van der Waals surface area (Å²) in [6.07, 6.45) is 5.97. The number of hydrogen-bond acceptors (Lipinski definition) is 2. The Kier molecular flexibility index (Phi) is 6.21. The number of carbonyl (C=O) groups is 1. The summed E-state index contributed by atoms with van der Waals surface area (Å²) in [5, 5.41) is 3.42. The molecule has 2 fully saturated rings. The minimum absolute atomic E-state index is 0. The highest BCUT2D eigenvalue weighted by molar-refractivity contribution is 5.85. The van der Waals surface area contributed by atoms with Gasteiger partial charge in [0.25, 0.3) is 0 Å². The van der Waals surface area contributed by atoms with Gasteiger partial charge in [0, 0.05) is 30.6 Å². The van der Waals surface area contributed by atoms with E-state index in [1.807, 2.05) is 11.0 Å². The first kappa shape index (κ1) is 17.2. The fraction of sp³-hybridized carbons (Fsp3) is 0.588. The summed E-state index contributed by atoms with van der Waals surface area (Å²) in [7, 11) is 0. The van der Waals surface area contributed by atoms with Gasteiger partial charge >= 0.3 is 0 Å². The predicted molar refractivity (Wildman–Crippen MR) is 87.5 cm³/mol. The molecule has 122 valence electrons. The smallest absolute Gasteiger partial charge is 0.223 e. The summed E-state index contributed by atoms with van der Waals surface area (Å²) < 4.78 is 13.8. The van der Waals surface area contributed by atoms with Crippen LogP contribution < -0.4 is 5.32 Å². The maximum atomic E-state index is 13.8. The molecule has 0 aromatic heterocycles. The van der Waals surface area contributed by atoms with Crippen molar-refractivity contribution in [3.8, 4) is 0 Å². The van der Waals surface area contributed by atoms with Gasteiger partial charge in [0.2, 0.25) is 5.91 Å². The molecule has 0 bridgehead atoms. The summed E-state index contributed by atoms with van der Waals surface area (Å²) >= 11 is 0. The summed E-state index contributed by atoms with van der Waals surface area (Å²) in [5.41, 5.74) is 0.622. The van der Waals surface area contributed by atoms with E-state index in [-0.39, 0.29) is 24.1 Å². The van der Waals surface area contributed by atoms with Crippen LogP contribution in [0.3, 0.4) is 0 Å². The van der Waals surface area contributed by atoms with E-state index in [1.165, 1.54) is 18.9 Å². The quantitative estimate of drug-likeness (QED) is 0.870. The maximum absolute atomic E-state index is 13.8. The zero-order valence-electron chi connectivity index (χ0n) is 12.8. The SMILES string of the molecule is Cl.O=C(CCC1CCCN1)N(Cc1ccccc1F)C1CC1. The van der Waals surface area contributed by atoms with Crippen LogP contribution in [0.4, 0.5) is 4.39 Å². The van der Waals surface area contributed by atoms with Gasteiger partial charge in [-0.15, -0.1) is 12.4 Å². The molecule has 1 saturated carbocycles.